The van der Waals surface area contributed by atoms with E-state index in [1.165, 1.54) is 12.5 Å². The summed E-state index contributed by atoms with van der Waals surface area (Å²) in [7, 11) is 0. The summed E-state index contributed by atoms with van der Waals surface area (Å²) >= 11 is 0. The smallest absolute Gasteiger partial charge is 0.330 e. The van der Waals surface area contributed by atoms with Crippen molar-refractivity contribution in [3.63, 3.8) is 0 Å². The van der Waals surface area contributed by atoms with Crippen molar-refractivity contribution in [2.24, 2.45) is 5.92 Å². The van der Waals surface area contributed by atoms with Crippen molar-refractivity contribution in [3.05, 3.63) is 51.2 Å². The second-order valence-electron chi connectivity index (χ2n) is 5.73. The fourth-order valence-corrected chi connectivity index (χ4v) is 2.81. The normalized spacial score (nSPS) is 19.1. The number of piperidine rings is 1. The van der Waals surface area contributed by atoms with Gasteiger partial charge in [-0.25, -0.2) is 4.79 Å². The molecule has 1 aromatic heterocycles. The van der Waals surface area contributed by atoms with Crippen LogP contribution in [0.3, 0.4) is 0 Å². The van der Waals surface area contributed by atoms with Crippen molar-refractivity contribution in [2.45, 2.75) is 33.2 Å². The molecule has 0 aromatic carbocycles. The van der Waals surface area contributed by atoms with Gasteiger partial charge in [-0.15, -0.1) is 0 Å². The van der Waals surface area contributed by atoms with E-state index in [0.717, 1.165) is 25.1 Å². The minimum atomic E-state index is -0.374. The number of hydrogen-bond acceptors (Lipinski definition) is 3. The molecule has 1 aliphatic rings. The molecule has 0 unspecified atom stereocenters. The van der Waals surface area contributed by atoms with Crippen LogP contribution in [-0.4, -0.2) is 22.6 Å². The van der Waals surface area contributed by atoms with E-state index in [-0.39, 0.29) is 11.2 Å². The van der Waals surface area contributed by atoms with Gasteiger partial charge in [-0.1, -0.05) is 25.7 Å². The van der Waals surface area contributed by atoms with Crippen LogP contribution in [0.15, 0.2) is 40.0 Å². The Morgan fingerprint density at radius 2 is 2.29 bits per heavy atom. The number of hydrogen-bond donors (Lipinski definition) is 1. The van der Waals surface area contributed by atoms with Crippen LogP contribution < -0.4 is 16.1 Å². The van der Waals surface area contributed by atoms with E-state index in [9.17, 15) is 9.59 Å². The molecule has 1 saturated heterocycles. The Morgan fingerprint density at radius 3 is 2.95 bits per heavy atom. The molecule has 5 nitrogen and oxygen atoms in total. The maximum Gasteiger partial charge on any atom is 0.330 e. The molecule has 1 fully saturated rings. The number of aromatic amines is 1. The van der Waals surface area contributed by atoms with Gasteiger partial charge in [-0.2, -0.15) is 0 Å². The highest BCUT2D eigenvalue weighted by molar-refractivity contribution is 5.39. The molecule has 5 heteroatoms. The van der Waals surface area contributed by atoms with Gasteiger partial charge in [0.1, 0.15) is 5.82 Å². The standard InChI is InChI=1S/C16H23N3O2/c1-4-6-12(2)11-19-15(9-14(20)17-16(19)21)18-8-5-7-13(3)10-18/h4,6,9,13H,2,5,7-8,10-11H2,1,3H3,(H,17,20,21)/b6-4-/t13-/m1/s1. The summed E-state index contributed by atoms with van der Waals surface area (Å²) < 4.78 is 1.60. The maximum absolute atomic E-state index is 12.1. The monoisotopic (exact) mass is 289 g/mol. The van der Waals surface area contributed by atoms with Crippen molar-refractivity contribution in [1.29, 1.82) is 0 Å². The predicted octanol–water partition coefficient (Wildman–Crippen LogP) is 1.91. The number of anilines is 1. The highest BCUT2D eigenvalue weighted by Gasteiger charge is 2.20. The van der Waals surface area contributed by atoms with Crippen LogP contribution in [-0.2, 0) is 6.54 Å². The molecule has 2 heterocycles. The lowest BCUT2D eigenvalue weighted by Crippen LogP contribution is -2.41. The van der Waals surface area contributed by atoms with Gasteiger partial charge in [0.05, 0.1) is 6.54 Å². The number of nitrogens with one attached hydrogen (secondary N) is 1. The van der Waals surface area contributed by atoms with Gasteiger partial charge in [-0.05, 0) is 31.3 Å². The average Bonchev–Trinajstić information content (AvgIpc) is 2.42. The predicted molar refractivity (Wildman–Crippen MR) is 85.9 cm³/mol. The van der Waals surface area contributed by atoms with Gasteiger partial charge in [0.15, 0.2) is 0 Å². The van der Waals surface area contributed by atoms with E-state index in [1.54, 1.807) is 4.57 Å². The molecule has 2 rings (SSSR count). The second kappa shape index (κ2) is 6.61. The van der Waals surface area contributed by atoms with Crippen LogP contribution in [0.4, 0.5) is 5.82 Å². The number of rotatable bonds is 4. The van der Waals surface area contributed by atoms with E-state index in [2.05, 4.69) is 23.4 Å². The SMILES string of the molecule is C=C(/C=C\C)Cn1c(N2CCC[C@@H](C)C2)cc(=O)[nH]c1=O. The molecule has 1 N–H and O–H groups in total. The van der Waals surface area contributed by atoms with E-state index in [0.29, 0.717) is 18.3 Å². The first kappa shape index (κ1) is 15.4. The molecule has 21 heavy (non-hydrogen) atoms. The molecule has 0 aliphatic carbocycles. The van der Waals surface area contributed by atoms with Crippen molar-refractivity contribution in [3.8, 4) is 0 Å². The summed E-state index contributed by atoms with van der Waals surface area (Å²) in [5, 5.41) is 0. The number of allylic oxidation sites excluding steroid dienone is 3. The van der Waals surface area contributed by atoms with Crippen LogP contribution in [0.5, 0.6) is 0 Å². The van der Waals surface area contributed by atoms with Crippen LogP contribution >= 0.6 is 0 Å². The summed E-state index contributed by atoms with van der Waals surface area (Å²) in [6, 6.07) is 1.52. The summed E-state index contributed by atoms with van der Waals surface area (Å²) in [4.78, 5) is 28.3. The van der Waals surface area contributed by atoms with Gasteiger partial charge < -0.3 is 4.90 Å². The molecule has 0 bridgehead atoms. The van der Waals surface area contributed by atoms with E-state index >= 15 is 0 Å². The first-order chi connectivity index (χ1) is 10.0. The number of aromatic nitrogens is 2. The third kappa shape index (κ3) is 3.74. The van der Waals surface area contributed by atoms with Crippen molar-refractivity contribution in [1.82, 2.24) is 9.55 Å². The first-order valence-corrected chi connectivity index (χ1v) is 7.41. The van der Waals surface area contributed by atoms with Crippen LogP contribution in [0.25, 0.3) is 0 Å². The lowest BCUT2D eigenvalue weighted by molar-refractivity contribution is 0.439. The molecule has 0 radical (unpaired) electrons. The summed E-state index contributed by atoms with van der Waals surface area (Å²) in [6.45, 7) is 10.2. The minimum absolute atomic E-state index is 0.346. The lowest BCUT2D eigenvalue weighted by atomic mass is 10.0. The van der Waals surface area contributed by atoms with Crippen LogP contribution in [0.2, 0.25) is 0 Å². The highest BCUT2D eigenvalue weighted by atomic mass is 16.2. The van der Waals surface area contributed by atoms with Gasteiger partial charge in [0.25, 0.3) is 5.56 Å². The Labute approximate surface area is 124 Å². The van der Waals surface area contributed by atoms with Crippen LogP contribution in [0, 0.1) is 5.92 Å². The second-order valence-corrected chi connectivity index (χ2v) is 5.73. The molecular formula is C16H23N3O2. The minimum Gasteiger partial charge on any atom is -0.357 e. The lowest BCUT2D eigenvalue weighted by Gasteiger charge is -2.33. The highest BCUT2D eigenvalue weighted by Crippen LogP contribution is 2.21. The number of H-pyrrole nitrogens is 1. The quantitative estimate of drug-likeness (QED) is 0.861. The third-order valence-electron chi connectivity index (χ3n) is 3.76. The van der Waals surface area contributed by atoms with Crippen LogP contribution in [0.1, 0.15) is 26.7 Å². The van der Waals surface area contributed by atoms with E-state index in [4.69, 9.17) is 0 Å². The zero-order chi connectivity index (χ0) is 15.4. The molecule has 0 amide bonds. The average molecular weight is 289 g/mol. The first-order valence-electron chi connectivity index (χ1n) is 7.41. The Hall–Kier alpha value is -2.04. The van der Waals surface area contributed by atoms with Crippen molar-refractivity contribution < 1.29 is 0 Å². The molecule has 1 aromatic rings. The van der Waals surface area contributed by atoms with Gasteiger partial charge in [-0.3, -0.25) is 14.3 Å². The van der Waals surface area contributed by atoms with Gasteiger partial charge >= 0.3 is 5.69 Å². The Kier molecular flexibility index (Phi) is 4.83. The zero-order valence-electron chi connectivity index (χ0n) is 12.8. The van der Waals surface area contributed by atoms with Gasteiger partial charge in [0, 0.05) is 19.2 Å². The molecule has 1 aliphatic heterocycles. The van der Waals surface area contributed by atoms with E-state index < -0.39 is 0 Å². The summed E-state index contributed by atoms with van der Waals surface area (Å²) in [5.41, 5.74) is 0.112. The van der Waals surface area contributed by atoms with Crippen molar-refractivity contribution in [2.75, 3.05) is 18.0 Å². The summed E-state index contributed by atoms with van der Waals surface area (Å²) in [6.07, 6.45) is 6.04. The third-order valence-corrected chi connectivity index (χ3v) is 3.76. The largest absolute Gasteiger partial charge is 0.357 e. The maximum atomic E-state index is 12.1. The molecule has 0 saturated carbocycles. The topological polar surface area (TPSA) is 58.1 Å². The molecule has 0 spiro atoms. The molecule has 1 atom stereocenters. The Bertz CT molecular complexity index is 654. The molecular weight excluding hydrogens is 266 g/mol. The fourth-order valence-electron chi connectivity index (χ4n) is 2.81. The van der Waals surface area contributed by atoms with Gasteiger partial charge in [0.2, 0.25) is 0 Å². The Morgan fingerprint density at radius 1 is 1.52 bits per heavy atom. The number of nitrogens with zero attached hydrogens (tertiary/aromatic N) is 2. The fraction of sp³-hybridized carbons (Fsp3) is 0.500. The van der Waals surface area contributed by atoms with Crippen molar-refractivity contribution >= 4 is 5.82 Å². The van der Waals surface area contributed by atoms with E-state index in [1.807, 2.05) is 19.1 Å². The summed E-state index contributed by atoms with van der Waals surface area (Å²) in [5.74, 6) is 1.27. The Balaban J connectivity index is 2.40. The molecule has 114 valence electrons. The zero-order valence-corrected chi connectivity index (χ0v) is 12.8.